The maximum atomic E-state index is 12.5. The lowest BCUT2D eigenvalue weighted by Crippen LogP contribution is -2.31. The molecule has 134 valence electrons. The molecule has 7 nitrogen and oxygen atoms in total. The molecule has 0 aliphatic heterocycles. The fourth-order valence-electron chi connectivity index (χ4n) is 3.92. The molecule has 0 aromatic carbocycles. The number of nitrogens with one attached hydrogen (secondary N) is 1. The van der Waals surface area contributed by atoms with Gasteiger partial charge in [0.1, 0.15) is 6.61 Å². The van der Waals surface area contributed by atoms with Crippen molar-refractivity contribution in [3.8, 4) is 0 Å². The van der Waals surface area contributed by atoms with Crippen LogP contribution >= 0.6 is 0 Å². The quantitative estimate of drug-likeness (QED) is 0.902. The summed E-state index contributed by atoms with van der Waals surface area (Å²) in [4.78, 5) is 12.5. The summed E-state index contributed by atoms with van der Waals surface area (Å²) in [6.07, 6.45) is 10.2. The molecule has 2 aromatic heterocycles. The van der Waals surface area contributed by atoms with Crippen molar-refractivity contribution < 1.29 is 14.1 Å². The number of aromatic nitrogens is 3. The van der Waals surface area contributed by atoms with Crippen LogP contribution < -0.4 is 5.32 Å². The minimum absolute atomic E-state index is 0.0542. The molecule has 2 heterocycles. The predicted molar refractivity (Wildman–Crippen MR) is 90.1 cm³/mol. The first kappa shape index (κ1) is 16.3. The van der Waals surface area contributed by atoms with Crippen molar-refractivity contribution in [1.82, 2.24) is 20.3 Å². The smallest absolute Gasteiger partial charge is 0.274 e. The fourth-order valence-corrected chi connectivity index (χ4v) is 3.92. The van der Waals surface area contributed by atoms with E-state index in [4.69, 9.17) is 14.4 Å². The minimum Gasteiger partial charge on any atom is -0.377 e. The van der Waals surface area contributed by atoms with Crippen LogP contribution in [0.4, 0.5) is 0 Å². The van der Waals surface area contributed by atoms with Crippen molar-refractivity contribution in [1.29, 1.82) is 0 Å². The number of nitrogens with zero attached hydrogens (tertiary/aromatic N) is 3. The van der Waals surface area contributed by atoms with Gasteiger partial charge in [-0.1, -0.05) is 18.0 Å². The molecule has 0 unspecified atom stereocenters. The average Bonchev–Trinajstić information content (AvgIpc) is 3.35. The lowest BCUT2D eigenvalue weighted by Gasteiger charge is -2.21. The van der Waals surface area contributed by atoms with Crippen LogP contribution in [0.5, 0.6) is 0 Å². The third kappa shape index (κ3) is 3.33. The highest BCUT2D eigenvalue weighted by Crippen LogP contribution is 2.33. The number of fused-ring (bicyclic) bond motifs is 1. The van der Waals surface area contributed by atoms with Crippen molar-refractivity contribution in [2.75, 3.05) is 7.11 Å². The molecule has 1 fully saturated rings. The number of carbonyl (C=O) groups excluding carboxylic acids is 1. The normalized spacial score (nSPS) is 20.6. The number of methoxy groups -OCH3 is 1. The second kappa shape index (κ2) is 7.00. The molecule has 7 heteroatoms. The summed E-state index contributed by atoms with van der Waals surface area (Å²) in [7, 11) is 1.58. The lowest BCUT2D eigenvalue weighted by atomic mass is 9.93. The van der Waals surface area contributed by atoms with E-state index in [1.165, 1.54) is 31.2 Å². The van der Waals surface area contributed by atoms with E-state index in [9.17, 15) is 4.79 Å². The summed E-state index contributed by atoms with van der Waals surface area (Å²) < 4.78 is 12.2. The van der Waals surface area contributed by atoms with Gasteiger partial charge in [-0.3, -0.25) is 9.48 Å². The second-order valence-corrected chi connectivity index (χ2v) is 6.99. The van der Waals surface area contributed by atoms with Crippen LogP contribution in [-0.2, 0) is 17.8 Å². The Balaban J connectivity index is 1.49. The summed E-state index contributed by atoms with van der Waals surface area (Å²) in [5.41, 5.74) is 2.57. The van der Waals surface area contributed by atoms with Gasteiger partial charge in [0.05, 0.1) is 17.8 Å². The zero-order valence-corrected chi connectivity index (χ0v) is 14.5. The molecular weight excluding hydrogens is 320 g/mol. The average molecular weight is 344 g/mol. The highest BCUT2D eigenvalue weighted by Gasteiger charge is 2.28. The topological polar surface area (TPSA) is 82.2 Å². The van der Waals surface area contributed by atoms with Gasteiger partial charge in [0.2, 0.25) is 0 Å². The summed E-state index contributed by atoms with van der Waals surface area (Å²) in [5.74, 6) is 0.321. The minimum atomic E-state index is -0.223. The Hall–Kier alpha value is -2.15. The van der Waals surface area contributed by atoms with E-state index in [-0.39, 0.29) is 17.6 Å². The van der Waals surface area contributed by atoms with Gasteiger partial charge in [0.15, 0.2) is 11.5 Å². The van der Waals surface area contributed by atoms with Gasteiger partial charge in [-0.25, -0.2) is 0 Å². The Morgan fingerprint density at radius 1 is 1.36 bits per heavy atom. The molecule has 0 bridgehead atoms. The van der Waals surface area contributed by atoms with Crippen LogP contribution in [0.25, 0.3) is 0 Å². The van der Waals surface area contributed by atoms with Gasteiger partial charge in [-0.15, -0.1) is 0 Å². The van der Waals surface area contributed by atoms with E-state index in [0.717, 1.165) is 25.0 Å². The Kier molecular flexibility index (Phi) is 4.57. The maximum absolute atomic E-state index is 12.5. The summed E-state index contributed by atoms with van der Waals surface area (Å²) in [5, 5.41) is 11.7. The van der Waals surface area contributed by atoms with Gasteiger partial charge in [-0.2, -0.15) is 5.10 Å². The number of rotatable bonds is 5. The van der Waals surface area contributed by atoms with Crippen LogP contribution in [0.1, 0.15) is 78.1 Å². The molecule has 1 N–H and O–H groups in total. The Bertz CT molecular complexity index is 745. The van der Waals surface area contributed by atoms with E-state index in [1.54, 1.807) is 13.2 Å². The van der Waals surface area contributed by atoms with Gasteiger partial charge in [-0.05, 0) is 37.7 Å². The van der Waals surface area contributed by atoms with E-state index in [2.05, 4.69) is 21.4 Å². The third-order valence-corrected chi connectivity index (χ3v) is 5.19. The zero-order valence-electron chi connectivity index (χ0n) is 14.5. The molecular formula is C18H24N4O3. The first-order valence-electron chi connectivity index (χ1n) is 9.08. The molecule has 1 saturated carbocycles. The molecule has 25 heavy (non-hydrogen) atoms. The Labute approximate surface area is 146 Å². The second-order valence-electron chi connectivity index (χ2n) is 6.99. The summed E-state index contributed by atoms with van der Waals surface area (Å²) in [6, 6.07) is 2.09. The highest BCUT2D eigenvalue weighted by atomic mass is 16.5. The van der Waals surface area contributed by atoms with E-state index < -0.39 is 0 Å². The van der Waals surface area contributed by atoms with Gasteiger partial charge in [0, 0.05) is 19.4 Å². The largest absolute Gasteiger partial charge is 0.377 e. The number of hydrogen-bond donors (Lipinski definition) is 1. The van der Waals surface area contributed by atoms with Gasteiger partial charge in [0.25, 0.3) is 5.91 Å². The monoisotopic (exact) mass is 344 g/mol. The standard InChI is InChI=1S/C18H24N4O3/c1-24-11-14-9-16(21-25-14)18(23)19-15-8-4-5-12-10-22(20-17(12)15)13-6-2-3-7-13/h9-10,13,15H,2-8,11H2,1H3,(H,19,23)/t15-/m0/s1. The zero-order chi connectivity index (χ0) is 17.2. The van der Waals surface area contributed by atoms with Crippen LogP contribution in [0.15, 0.2) is 16.8 Å². The van der Waals surface area contributed by atoms with Crippen molar-refractivity contribution in [2.24, 2.45) is 0 Å². The van der Waals surface area contributed by atoms with Crippen molar-refractivity contribution >= 4 is 5.91 Å². The Morgan fingerprint density at radius 3 is 3.00 bits per heavy atom. The Morgan fingerprint density at radius 2 is 2.20 bits per heavy atom. The molecule has 1 atom stereocenters. The van der Waals surface area contributed by atoms with Crippen LogP contribution in [0.3, 0.4) is 0 Å². The van der Waals surface area contributed by atoms with Crippen molar-refractivity contribution in [3.63, 3.8) is 0 Å². The molecule has 1 amide bonds. The first-order chi connectivity index (χ1) is 12.2. The number of aryl methyl sites for hydroxylation is 1. The van der Waals surface area contributed by atoms with Crippen LogP contribution in [-0.4, -0.2) is 28.0 Å². The maximum Gasteiger partial charge on any atom is 0.274 e. The van der Waals surface area contributed by atoms with Crippen LogP contribution in [0.2, 0.25) is 0 Å². The molecule has 0 radical (unpaired) electrons. The highest BCUT2D eigenvalue weighted by molar-refractivity contribution is 5.92. The number of ether oxygens (including phenoxy) is 1. The van der Waals surface area contributed by atoms with Crippen molar-refractivity contribution in [2.45, 2.75) is 63.6 Å². The van der Waals surface area contributed by atoms with Gasteiger partial charge >= 0.3 is 0 Å². The van der Waals surface area contributed by atoms with E-state index >= 15 is 0 Å². The fraction of sp³-hybridized carbons (Fsp3) is 0.611. The summed E-state index contributed by atoms with van der Waals surface area (Å²) in [6.45, 7) is 0.305. The van der Waals surface area contributed by atoms with Crippen LogP contribution in [0, 0.1) is 0 Å². The number of carbonyl (C=O) groups is 1. The molecule has 2 aliphatic rings. The number of amides is 1. The third-order valence-electron chi connectivity index (χ3n) is 5.19. The molecule has 2 aliphatic carbocycles. The summed E-state index contributed by atoms with van der Waals surface area (Å²) >= 11 is 0. The van der Waals surface area contributed by atoms with Crippen molar-refractivity contribution in [3.05, 3.63) is 35.0 Å². The van der Waals surface area contributed by atoms with Gasteiger partial charge < -0.3 is 14.6 Å². The molecule has 2 aromatic rings. The first-order valence-corrected chi connectivity index (χ1v) is 9.08. The molecule has 0 saturated heterocycles. The predicted octanol–water partition coefficient (Wildman–Crippen LogP) is 2.94. The lowest BCUT2D eigenvalue weighted by molar-refractivity contribution is 0.0921. The molecule has 0 spiro atoms. The van der Waals surface area contributed by atoms with E-state index in [0.29, 0.717) is 18.4 Å². The number of hydrogen-bond acceptors (Lipinski definition) is 5. The molecule has 4 rings (SSSR count). The van der Waals surface area contributed by atoms with E-state index in [1.807, 2.05) is 0 Å². The SMILES string of the molecule is COCc1cc(C(=O)N[C@H]2CCCc3cn(C4CCCC4)nc32)no1.